The van der Waals surface area contributed by atoms with Gasteiger partial charge in [-0.3, -0.25) is 9.59 Å². The second kappa shape index (κ2) is 16.3. The fraction of sp³-hybridized carbons (Fsp3) is 0.190. The molecule has 5 aromatic carbocycles. The Labute approximate surface area is 314 Å². The van der Waals surface area contributed by atoms with Gasteiger partial charge < -0.3 is 53.8 Å². The van der Waals surface area contributed by atoms with Gasteiger partial charge in [-0.25, -0.2) is 0 Å². The van der Waals surface area contributed by atoms with Crippen LogP contribution in [0.5, 0.6) is 28.7 Å². The number of ether oxygens (including phenoxy) is 5. The molecule has 1 fully saturated rings. The van der Waals surface area contributed by atoms with Crippen molar-refractivity contribution in [3.05, 3.63) is 143 Å². The lowest BCUT2D eigenvalue weighted by molar-refractivity contribution is -0.265. The van der Waals surface area contributed by atoms with E-state index in [1.54, 1.807) is 66.7 Å². The SMILES string of the molecule is COc1cccc(NC(=O)C2OC(Oc3cc4oc(-c5ccc(OCc6ccccc6)cc5)cc(=O)c4c(O)c3OCc3ccccc3)C(O)C(O)C2O)c1. The minimum Gasteiger partial charge on any atom is -0.504 e. The molecule has 0 spiro atoms. The second-order valence-electron chi connectivity index (χ2n) is 12.7. The van der Waals surface area contributed by atoms with Gasteiger partial charge in [-0.05, 0) is 47.5 Å². The van der Waals surface area contributed by atoms with Crippen molar-refractivity contribution < 1.29 is 53.3 Å². The van der Waals surface area contributed by atoms with Crippen LogP contribution in [0.25, 0.3) is 22.3 Å². The molecule has 13 heteroatoms. The predicted octanol–water partition coefficient (Wildman–Crippen LogP) is 5.16. The minimum absolute atomic E-state index is 0.0701. The summed E-state index contributed by atoms with van der Waals surface area (Å²) in [6.07, 6.45) is -9.13. The van der Waals surface area contributed by atoms with Crippen LogP contribution in [0.2, 0.25) is 0 Å². The number of benzene rings is 5. The number of aliphatic hydroxyl groups is 3. The molecule has 0 bridgehead atoms. The van der Waals surface area contributed by atoms with Gasteiger partial charge in [-0.2, -0.15) is 0 Å². The smallest absolute Gasteiger partial charge is 0.256 e. The van der Waals surface area contributed by atoms with E-state index < -0.39 is 47.8 Å². The number of amides is 1. The minimum atomic E-state index is -1.90. The second-order valence-corrected chi connectivity index (χ2v) is 12.7. The molecule has 5 atom stereocenters. The third kappa shape index (κ3) is 8.25. The zero-order valence-electron chi connectivity index (χ0n) is 29.4. The van der Waals surface area contributed by atoms with Crippen molar-refractivity contribution in [3.8, 4) is 40.1 Å². The summed E-state index contributed by atoms with van der Waals surface area (Å²) in [4.78, 5) is 26.9. The monoisotopic (exact) mass is 747 g/mol. The Morgan fingerprint density at radius 3 is 2.09 bits per heavy atom. The number of hydrogen-bond donors (Lipinski definition) is 5. The topological polar surface area (TPSA) is 186 Å². The van der Waals surface area contributed by atoms with E-state index in [1.807, 2.05) is 36.4 Å². The van der Waals surface area contributed by atoms with Crippen LogP contribution in [0.3, 0.4) is 0 Å². The van der Waals surface area contributed by atoms with E-state index in [0.29, 0.717) is 34.9 Å². The van der Waals surface area contributed by atoms with Crippen LogP contribution in [-0.4, -0.2) is 64.1 Å². The molecule has 1 aromatic heterocycles. The number of methoxy groups -OCH3 is 1. The number of phenolic OH excluding ortho intramolecular Hbond substituents is 1. The molecule has 1 aliphatic heterocycles. The molecule has 6 aromatic rings. The number of anilines is 1. The molecule has 0 radical (unpaired) electrons. The lowest BCUT2D eigenvalue weighted by Crippen LogP contribution is -2.62. The Kier molecular flexibility index (Phi) is 11.0. The first kappa shape index (κ1) is 37.0. The van der Waals surface area contributed by atoms with E-state index in [2.05, 4.69) is 5.32 Å². The molecule has 2 heterocycles. The molecule has 13 nitrogen and oxygen atoms in total. The first-order valence-corrected chi connectivity index (χ1v) is 17.3. The normalized spacial score (nSPS) is 19.4. The Morgan fingerprint density at radius 1 is 0.745 bits per heavy atom. The summed E-state index contributed by atoms with van der Waals surface area (Å²) in [5.74, 6) is -0.815. The number of aliphatic hydroxyl groups excluding tert-OH is 3. The molecule has 0 aliphatic carbocycles. The highest BCUT2D eigenvalue weighted by atomic mass is 16.7. The summed E-state index contributed by atoms with van der Waals surface area (Å²) in [6, 6.07) is 34.5. The zero-order chi connectivity index (χ0) is 38.5. The zero-order valence-corrected chi connectivity index (χ0v) is 29.4. The van der Waals surface area contributed by atoms with E-state index in [9.17, 15) is 30.0 Å². The number of carbonyl (C=O) groups excluding carboxylic acids is 1. The van der Waals surface area contributed by atoms with E-state index in [0.717, 1.165) is 5.56 Å². The quantitative estimate of drug-likeness (QED) is 0.111. The molecule has 1 saturated heterocycles. The highest BCUT2D eigenvalue weighted by molar-refractivity contribution is 5.95. The van der Waals surface area contributed by atoms with Gasteiger partial charge in [0.2, 0.25) is 12.0 Å². The fourth-order valence-electron chi connectivity index (χ4n) is 6.02. The standard InChI is InChI=1S/C42H37NO12/c1-50-29-14-8-13-27(19-29)43-41(49)40-37(47)36(46)38(48)42(55-40)54-33-21-32-34(35(45)39(33)52-23-25-11-6-3-7-12-25)30(44)20-31(53-32)26-15-17-28(18-16-26)51-22-24-9-4-2-5-10-24/h2-21,36-38,40,42,45-48H,22-23H2,1H3,(H,43,49). The molecule has 282 valence electrons. The summed E-state index contributed by atoms with van der Waals surface area (Å²) >= 11 is 0. The van der Waals surface area contributed by atoms with Crippen molar-refractivity contribution >= 4 is 22.6 Å². The van der Waals surface area contributed by atoms with Gasteiger partial charge in [0, 0.05) is 29.4 Å². The van der Waals surface area contributed by atoms with E-state index >= 15 is 0 Å². The number of phenols is 1. The Bertz CT molecular complexity index is 2310. The van der Waals surface area contributed by atoms with Gasteiger partial charge >= 0.3 is 0 Å². The van der Waals surface area contributed by atoms with Gasteiger partial charge in [0.15, 0.2) is 23.0 Å². The lowest BCUT2D eigenvalue weighted by Gasteiger charge is -2.39. The first-order chi connectivity index (χ1) is 26.7. The molecule has 5 unspecified atom stereocenters. The molecular formula is C42H37NO12. The Hall–Kier alpha value is -6.38. The molecule has 1 aliphatic rings. The van der Waals surface area contributed by atoms with Crippen LogP contribution in [0.4, 0.5) is 5.69 Å². The maximum Gasteiger partial charge on any atom is 0.256 e. The molecule has 1 amide bonds. The average molecular weight is 748 g/mol. The summed E-state index contributed by atoms with van der Waals surface area (Å²) < 4.78 is 35.0. The van der Waals surface area contributed by atoms with Gasteiger partial charge in [0.1, 0.15) is 59.8 Å². The van der Waals surface area contributed by atoms with Crippen LogP contribution >= 0.6 is 0 Å². The maximum atomic E-state index is 13.6. The van der Waals surface area contributed by atoms with Crippen molar-refractivity contribution in [2.24, 2.45) is 0 Å². The summed E-state index contributed by atoms with van der Waals surface area (Å²) in [5.41, 5.74) is 1.87. The number of carbonyl (C=O) groups is 1. The lowest BCUT2D eigenvalue weighted by atomic mass is 9.98. The molecule has 5 N–H and O–H groups in total. The van der Waals surface area contributed by atoms with Crippen LogP contribution in [0.15, 0.2) is 131 Å². The van der Waals surface area contributed by atoms with Crippen molar-refractivity contribution in [2.75, 3.05) is 12.4 Å². The summed E-state index contributed by atoms with van der Waals surface area (Å²) in [7, 11) is 1.46. The fourth-order valence-corrected chi connectivity index (χ4v) is 6.02. The number of nitrogens with one attached hydrogen (secondary N) is 1. The molecule has 7 rings (SSSR count). The third-order valence-corrected chi connectivity index (χ3v) is 8.93. The average Bonchev–Trinajstić information content (AvgIpc) is 3.20. The van der Waals surface area contributed by atoms with Crippen molar-refractivity contribution in [3.63, 3.8) is 0 Å². The van der Waals surface area contributed by atoms with Crippen molar-refractivity contribution in [1.82, 2.24) is 0 Å². The molecular weight excluding hydrogens is 710 g/mol. The van der Waals surface area contributed by atoms with E-state index in [-0.39, 0.29) is 34.8 Å². The largest absolute Gasteiger partial charge is 0.504 e. The summed E-state index contributed by atoms with van der Waals surface area (Å²) in [6.45, 7) is 0.296. The van der Waals surface area contributed by atoms with E-state index in [1.165, 1.54) is 25.3 Å². The maximum absolute atomic E-state index is 13.6. The number of fused-ring (bicyclic) bond motifs is 1. The van der Waals surface area contributed by atoms with Gasteiger partial charge in [0.05, 0.1) is 7.11 Å². The number of rotatable bonds is 12. The Balaban J connectivity index is 1.20. The van der Waals surface area contributed by atoms with Gasteiger partial charge in [-0.15, -0.1) is 0 Å². The van der Waals surface area contributed by atoms with Gasteiger partial charge in [-0.1, -0.05) is 66.7 Å². The van der Waals surface area contributed by atoms with Crippen molar-refractivity contribution in [1.29, 1.82) is 0 Å². The molecule has 55 heavy (non-hydrogen) atoms. The van der Waals surface area contributed by atoms with Crippen LogP contribution < -0.4 is 29.7 Å². The van der Waals surface area contributed by atoms with E-state index in [4.69, 9.17) is 28.1 Å². The third-order valence-electron chi connectivity index (χ3n) is 8.93. The summed E-state index contributed by atoms with van der Waals surface area (Å²) in [5, 5.41) is 46.5. The van der Waals surface area contributed by atoms with Crippen LogP contribution in [0.1, 0.15) is 11.1 Å². The first-order valence-electron chi connectivity index (χ1n) is 17.3. The highest BCUT2D eigenvalue weighted by Crippen LogP contribution is 2.44. The number of hydrogen-bond acceptors (Lipinski definition) is 12. The van der Waals surface area contributed by atoms with Crippen LogP contribution in [-0.2, 0) is 22.7 Å². The molecule has 0 saturated carbocycles. The van der Waals surface area contributed by atoms with Crippen molar-refractivity contribution in [2.45, 2.75) is 43.9 Å². The number of aromatic hydroxyl groups is 1. The highest BCUT2D eigenvalue weighted by Gasteiger charge is 2.48. The van der Waals surface area contributed by atoms with Gasteiger partial charge in [0.25, 0.3) is 5.91 Å². The predicted molar refractivity (Wildman–Crippen MR) is 200 cm³/mol. The van der Waals surface area contributed by atoms with Crippen LogP contribution in [0, 0.1) is 0 Å². The Morgan fingerprint density at radius 2 is 1.42 bits per heavy atom.